The zero-order valence-corrected chi connectivity index (χ0v) is 19.9. The van der Waals surface area contributed by atoms with Crippen molar-refractivity contribution in [3.05, 3.63) is 0 Å². The molecule has 1 aliphatic heterocycles. The largest absolute Gasteiger partial charge is 0.363 e. The minimum absolute atomic E-state index is 0.0210. The van der Waals surface area contributed by atoms with Crippen LogP contribution in [0.4, 0.5) is 0 Å². The molecule has 9 nitrogen and oxygen atoms in total. The van der Waals surface area contributed by atoms with Crippen LogP contribution in [0.25, 0.3) is 0 Å². The fraction of sp³-hybridized carbons (Fsp3) is 0.792. The maximum absolute atomic E-state index is 13.6. The number of rotatable bonds is 10. The molecule has 0 aromatic carbocycles. The normalized spacial score (nSPS) is 29.1. The van der Waals surface area contributed by atoms with Gasteiger partial charge in [0.2, 0.25) is 23.5 Å². The predicted octanol–water partition coefficient (Wildman–Crippen LogP) is 0.360. The van der Waals surface area contributed by atoms with E-state index in [4.69, 9.17) is 5.73 Å². The van der Waals surface area contributed by atoms with Crippen molar-refractivity contribution in [1.82, 2.24) is 15.5 Å². The van der Waals surface area contributed by atoms with Crippen molar-refractivity contribution in [2.24, 2.45) is 40.7 Å². The molecular weight excluding hydrogens is 424 g/mol. The highest BCUT2D eigenvalue weighted by Gasteiger charge is 2.70. The highest BCUT2D eigenvalue weighted by molar-refractivity contribution is 6.37. The third kappa shape index (κ3) is 4.64. The molecule has 4 rings (SSSR count). The van der Waals surface area contributed by atoms with Gasteiger partial charge in [0.15, 0.2) is 0 Å². The van der Waals surface area contributed by atoms with E-state index in [1.807, 2.05) is 0 Å². The molecule has 4 fully saturated rings. The van der Waals surface area contributed by atoms with Gasteiger partial charge in [-0.25, -0.2) is 0 Å². The van der Waals surface area contributed by atoms with Crippen LogP contribution < -0.4 is 16.4 Å². The summed E-state index contributed by atoms with van der Waals surface area (Å²) in [4.78, 5) is 64.9. The van der Waals surface area contributed by atoms with E-state index in [1.165, 1.54) is 0 Å². The van der Waals surface area contributed by atoms with Gasteiger partial charge in [0.1, 0.15) is 12.1 Å². The third-order valence-electron chi connectivity index (χ3n) is 8.08. The van der Waals surface area contributed by atoms with Crippen LogP contribution in [0.15, 0.2) is 0 Å². The van der Waals surface area contributed by atoms with Gasteiger partial charge in [-0.3, -0.25) is 24.0 Å². The zero-order valence-electron chi connectivity index (χ0n) is 19.9. The number of amides is 4. The summed E-state index contributed by atoms with van der Waals surface area (Å²) in [5, 5.41) is 5.66. The van der Waals surface area contributed by atoms with Crippen molar-refractivity contribution in [3.8, 4) is 0 Å². The molecule has 182 valence electrons. The van der Waals surface area contributed by atoms with E-state index in [1.54, 1.807) is 18.7 Å². The first-order valence-electron chi connectivity index (χ1n) is 12.2. The second-order valence-corrected chi connectivity index (χ2v) is 11.3. The summed E-state index contributed by atoms with van der Waals surface area (Å²) in [6.07, 6.45) is 4.05. The molecule has 0 aromatic heterocycles. The molecule has 9 heteroatoms. The molecule has 1 heterocycles. The number of nitrogens with zero attached hydrogens (tertiary/aromatic N) is 1. The minimum Gasteiger partial charge on any atom is -0.363 e. The smallest absolute Gasteiger partial charge is 0.287 e. The second-order valence-electron chi connectivity index (χ2n) is 11.3. The highest BCUT2D eigenvalue weighted by atomic mass is 16.2. The van der Waals surface area contributed by atoms with Gasteiger partial charge in [0.05, 0.1) is 6.04 Å². The summed E-state index contributed by atoms with van der Waals surface area (Å²) < 4.78 is 0. The van der Waals surface area contributed by atoms with Gasteiger partial charge >= 0.3 is 0 Å². The fourth-order valence-electron chi connectivity index (χ4n) is 5.47. The van der Waals surface area contributed by atoms with Crippen LogP contribution in [0.2, 0.25) is 0 Å². The molecule has 0 bridgehead atoms. The standard InChI is InChI=1S/C24H36N4O5/c1-11(2)21(31)27-17(13-7-8-13)23(33)28-10-14-16(24(14,3)4)18(28)22(32)26-15(9-12-5-6-12)19(29)20(25)30/h11-18H,5-10H2,1-4H3,(H2,25,30)(H,26,32)(H,27,31)/t14-,15?,16?,17?,18-/m0/s1. The maximum atomic E-state index is 13.6. The second kappa shape index (κ2) is 8.40. The van der Waals surface area contributed by atoms with E-state index in [0.29, 0.717) is 18.9 Å². The first-order valence-corrected chi connectivity index (χ1v) is 12.2. The summed E-state index contributed by atoms with van der Waals surface area (Å²) in [6, 6.07) is -2.32. The number of carbonyl (C=O) groups is 5. The Hall–Kier alpha value is -2.45. The monoisotopic (exact) mass is 460 g/mol. The fourth-order valence-corrected chi connectivity index (χ4v) is 5.47. The van der Waals surface area contributed by atoms with Gasteiger partial charge in [0, 0.05) is 12.5 Å². The van der Waals surface area contributed by atoms with Gasteiger partial charge in [-0.1, -0.05) is 40.5 Å². The molecule has 4 amide bonds. The third-order valence-corrected chi connectivity index (χ3v) is 8.08. The van der Waals surface area contributed by atoms with Crippen molar-refractivity contribution in [2.75, 3.05) is 6.54 Å². The number of nitrogens with one attached hydrogen (secondary N) is 2. The molecule has 0 spiro atoms. The molecular formula is C24H36N4O5. The Balaban J connectivity index is 1.52. The number of ketones is 1. The average Bonchev–Trinajstić information content (AvgIpc) is 3.68. The zero-order chi connectivity index (χ0) is 24.2. The molecule has 0 aromatic rings. The van der Waals surface area contributed by atoms with Crippen LogP contribution in [0.1, 0.15) is 59.8 Å². The van der Waals surface area contributed by atoms with Crippen molar-refractivity contribution in [2.45, 2.75) is 77.9 Å². The molecule has 33 heavy (non-hydrogen) atoms. The topological polar surface area (TPSA) is 139 Å². The first kappa shape index (κ1) is 23.7. The van der Waals surface area contributed by atoms with Crippen molar-refractivity contribution < 1.29 is 24.0 Å². The van der Waals surface area contributed by atoms with Crippen LogP contribution in [0.3, 0.4) is 0 Å². The van der Waals surface area contributed by atoms with E-state index >= 15 is 0 Å². The number of primary amides is 1. The number of nitrogens with two attached hydrogens (primary N) is 1. The van der Waals surface area contributed by atoms with Gasteiger partial charge in [-0.2, -0.15) is 0 Å². The van der Waals surface area contributed by atoms with Crippen LogP contribution in [-0.2, 0) is 24.0 Å². The van der Waals surface area contributed by atoms with Crippen molar-refractivity contribution >= 4 is 29.4 Å². The summed E-state index contributed by atoms with van der Waals surface area (Å²) in [7, 11) is 0. The summed E-state index contributed by atoms with van der Waals surface area (Å²) >= 11 is 0. The SMILES string of the molecule is CC(C)C(=O)NC(C(=O)N1C[C@H]2C([C@H]1C(=O)NC(CC1CC1)C(=O)C(N)=O)C2(C)C)C1CC1. The van der Waals surface area contributed by atoms with Gasteiger partial charge < -0.3 is 21.3 Å². The Bertz CT molecular complexity index is 876. The highest BCUT2D eigenvalue weighted by Crippen LogP contribution is 2.65. The first-order chi connectivity index (χ1) is 15.4. The summed E-state index contributed by atoms with van der Waals surface area (Å²) in [5.74, 6) is -2.36. The predicted molar refractivity (Wildman–Crippen MR) is 119 cm³/mol. The van der Waals surface area contributed by atoms with Crippen molar-refractivity contribution in [1.29, 1.82) is 0 Å². The van der Waals surface area contributed by atoms with Gasteiger partial charge in [-0.05, 0) is 48.3 Å². The van der Waals surface area contributed by atoms with Crippen molar-refractivity contribution in [3.63, 3.8) is 0 Å². The molecule has 3 unspecified atom stereocenters. The van der Waals surface area contributed by atoms with E-state index in [-0.39, 0.29) is 40.9 Å². The molecule has 5 atom stereocenters. The van der Waals surface area contributed by atoms with Crippen LogP contribution in [0.5, 0.6) is 0 Å². The van der Waals surface area contributed by atoms with E-state index in [9.17, 15) is 24.0 Å². The van der Waals surface area contributed by atoms with E-state index in [0.717, 1.165) is 25.7 Å². The Morgan fingerprint density at radius 2 is 1.67 bits per heavy atom. The number of hydrogen-bond acceptors (Lipinski definition) is 5. The molecule has 0 radical (unpaired) electrons. The summed E-state index contributed by atoms with van der Waals surface area (Å²) in [6.45, 7) is 8.18. The Labute approximate surface area is 194 Å². The lowest BCUT2D eigenvalue weighted by atomic mass is 9.98. The lowest BCUT2D eigenvalue weighted by Gasteiger charge is -2.34. The average molecular weight is 461 g/mol. The van der Waals surface area contributed by atoms with Gasteiger partial charge in [0.25, 0.3) is 5.91 Å². The number of piperidine rings is 1. The lowest BCUT2D eigenvalue weighted by molar-refractivity contribution is -0.145. The number of carbonyl (C=O) groups excluding carboxylic acids is 5. The molecule has 3 aliphatic carbocycles. The summed E-state index contributed by atoms with van der Waals surface area (Å²) in [5.41, 5.74) is 5.13. The number of Topliss-reactive ketones (excluding diaryl/α,β-unsaturated/α-hetero) is 1. The lowest BCUT2D eigenvalue weighted by Crippen LogP contribution is -2.58. The van der Waals surface area contributed by atoms with Gasteiger partial charge in [-0.15, -0.1) is 0 Å². The van der Waals surface area contributed by atoms with Crippen LogP contribution in [-0.4, -0.2) is 59.0 Å². The Morgan fingerprint density at radius 3 is 2.18 bits per heavy atom. The Kier molecular flexibility index (Phi) is 6.03. The molecule has 4 N–H and O–H groups in total. The number of likely N-dealkylation sites (tertiary alicyclic amines) is 1. The molecule has 3 saturated carbocycles. The van der Waals surface area contributed by atoms with Crippen LogP contribution in [0, 0.1) is 35.0 Å². The number of hydrogen-bond donors (Lipinski definition) is 3. The minimum atomic E-state index is -1.06. The molecule has 4 aliphatic rings. The van der Waals surface area contributed by atoms with E-state index < -0.39 is 35.7 Å². The molecule has 1 saturated heterocycles. The quantitative estimate of drug-likeness (QED) is 0.404. The maximum Gasteiger partial charge on any atom is 0.287 e. The van der Waals surface area contributed by atoms with Crippen LogP contribution >= 0.6 is 0 Å². The van der Waals surface area contributed by atoms with E-state index in [2.05, 4.69) is 24.5 Å². The Morgan fingerprint density at radius 1 is 1.03 bits per heavy atom. The number of fused-ring (bicyclic) bond motifs is 1.